The molecule has 0 atom stereocenters. The van der Waals surface area contributed by atoms with Gasteiger partial charge in [0.2, 0.25) is 5.82 Å². The van der Waals surface area contributed by atoms with Gasteiger partial charge in [-0.15, -0.1) is 0 Å². The molecule has 6 rings (SSSR count). The fourth-order valence-electron chi connectivity index (χ4n) is 4.41. The lowest BCUT2D eigenvalue weighted by Gasteiger charge is -2.15. The van der Waals surface area contributed by atoms with Crippen LogP contribution in [0.5, 0.6) is 11.5 Å². The molecule has 0 aliphatic carbocycles. The molecular formula is C32H23ClIN3O4. The van der Waals surface area contributed by atoms with Crippen LogP contribution in [0.25, 0.3) is 33.5 Å². The Labute approximate surface area is 254 Å². The summed E-state index contributed by atoms with van der Waals surface area (Å²) in [7, 11) is 0. The number of nitrogens with zero attached hydrogens (tertiary/aromatic N) is 3. The molecule has 0 spiro atoms. The highest BCUT2D eigenvalue weighted by Gasteiger charge is 2.17. The van der Waals surface area contributed by atoms with E-state index < -0.39 is 0 Å². The number of furan rings is 1. The van der Waals surface area contributed by atoms with Gasteiger partial charge in [-0.2, -0.15) is 9.78 Å². The van der Waals surface area contributed by atoms with E-state index in [9.17, 15) is 4.79 Å². The van der Waals surface area contributed by atoms with Crippen LogP contribution >= 0.6 is 34.2 Å². The molecule has 0 N–H and O–H groups in total. The first-order valence-corrected chi connectivity index (χ1v) is 14.3. The summed E-state index contributed by atoms with van der Waals surface area (Å²) in [5.74, 6) is 1.97. The van der Waals surface area contributed by atoms with E-state index in [1.165, 1.54) is 4.68 Å². The Kier molecular flexibility index (Phi) is 7.76. The molecule has 0 bridgehead atoms. The normalized spacial score (nSPS) is 11.5. The molecule has 0 fully saturated rings. The van der Waals surface area contributed by atoms with Crippen molar-refractivity contribution in [2.75, 3.05) is 6.61 Å². The second-order valence-electron chi connectivity index (χ2n) is 9.14. The lowest BCUT2D eigenvalue weighted by atomic mass is 10.2. The van der Waals surface area contributed by atoms with Crippen LogP contribution < -0.4 is 15.0 Å². The van der Waals surface area contributed by atoms with E-state index in [1.54, 1.807) is 24.4 Å². The van der Waals surface area contributed by atoms with Crippen LogP contribution in [0.15, 0.2) is 105 Å². The average Bonchev–Trinajstić information content (AvgIpc) is 3.42. The van der Waals surface area contributed by atoms with Crippen molar-refractivity contribution in [3.8, 4) is 23.1 Å². The molecule has 41 heavy (non-hydrogen) atoms. The third-order valence-electron chi connectivity index (χ3n) is 6.35. The molecule has 2 heterocycles. The van der Waals surface area contributed by atoms with Gasteiger partial charge >= 0.3 is 0 Å². The largest absolute Gasteiger partial charge is 0.490 e. The lowest BCUT2D eigenvalue weighted by molar-refractivity contribution is 0.267. The summed E-state index contributed by atoms with van der Waals surface area (Å²) in [5, 5.41) is 6.63. The van der Waals surface area contributed by atoms with Gasteiger partial charge in [0.1, 0.15) is 12.2 Å². The molecule has 0 radical (unpaired) electrons. The predicted molar refractivity (Wildman–Crippen MR) is 170 cm³/mol. The summed E-state index contributed by atoms with van der Waals surface area (Å²) >= 11 is 8.22. The van der Waals surface area contributed by atoms with Gasteiger partial charge in [0.15, 0.2) is 17.3 Å². The Morgan fingerprint density at radius 3 is 2.59 bits per heavy atom. The first-order chi connectivity index (χ1) is 20.0. The van der Waals surface area contributed by atoms with E-state index in [1.807, 2.05) is 79.7 Å². The van der Waals surface area contributed by atoms with Crippen LogP contribution in [-0.2, 0) is 6.61 Å². The maximum absolute atomic E-state index is 13.6. The summed E-state index contributed by atoms with van der Waals surface area (Å²) in [6.45, 7) is 2.73. The van der Waals surface area contributed by atoms with Crippen LogP contribution in [0, 0.1) is 3.57 Å². The number of para-hydroxylation sites is 2. The van der Waals surface area contributed by atoms with Crippen LogP contribution in [0.3, 0.4) is 0 Å². The zero-order valence-electron chi connectivity index (χ0n) is 21.9. The van der Waals surface area contributed by atoms with Crippen LogP contribution in [-0.4, -0.2) is 22.5 Å². The van der Waals surface area contributed by atoms with Crippen molar-refractivity contribution >= 4 is 62.3 Å². The monoisotopic (exact) mass is 675 g/mol. The highest BCUT2D eigenvalue weighted by atomic mass is 127. The summed E-state index contributed by atoms with van der Waals surface area (Å²) in [4.78, 5) is 18.4. The van der Waals surface area contributed by atoms with Gasteiger partial charge in [-0.25, -0.2) is 4.98 Å². The summed E-state index contributed by atoms with van der Waals surface area (Å²) < 4.78 is 20.2. The minimum atomic E-state index is -0.301. The van der Waals surface area contributed by atoms with Crippen molar-refractivity contribution in [1.29, 1.82) is 0 Å². The Morgan fingerprint density at radius 2 is 1.78 bits per heavy atom. The molecule has 0 aliphatic rings. The Morgan fingerprint density at radius 1 is 1.00 bits per heavy atom. The second kappa shape index (κ2) is 11.8. The van der Waals surface area contributed by atoms with E-state index >= 15 is 0 Å². The number of fused-ring (bicyclic) bond motifs is 2. The van der Waals surface area contributed by atoms with E-state index in [2.05, 4.69) is 27.7 Å². The Hall–Kier alpha value is -4.15. The molecule has 0 aliphatic heterocycles. The maximum atomic E-state index is 13.6. The molecule has 0 saturated heterocycles. The first kappa shape index (κ1) is 27.0. The fraction of sp³-hybridized carbons (Fsp3) is 0.0938. The number of hydrogen-bond acceptors (Lipinski definition) is 6. The maximum Gasteiger partial charge on any atom is 0.282 e. The van der Waals surface area contributed by atoms with Crippen molar-refractivity contribution in [2.45, 2.75) is 13.5 Å². The van der Waals surface area contributed by atoms with E-state index in [4.69, 9.17) is 30.5 Å². The predicted octanol–water partition coefficient (Wildman–Crippen LogP) is 7.93. The Bertz CT molecular complexity index is 1930. The van der Waals surface area contributed by atoms with Crippen LogP contribution in [0.1, 0.15) is 18.1 Å². The number of halogens is 2. The smallest absolute Gasteiger partial charge is 0.282 e. The topological polar surface area (TPSA) is 78.9 Å². The summed E-state index contributed by atoms with van der Waals surface area (Å²) in [6.07, 6.45) is 1.61. The van der Waals surface area contributed by atoms with Gasteiger partial charge in [0.05, 0.1) is 27.3 Å². The van der Waals surface area contributed by atoms with Gasteiger partial charge in [0, 0.05) is 10.4 Å². The zero-order valence-corrected chi connectivity index (χ0v) is 24.8. The van der Waals surface area contributed by atoms with Crippen molar-refractivity contribution < 1.29 is 13.9 Å². The third-order valence-corrected chi connectivity index (χ3v) is 7.40. The number of hydrogen-bond donors (Lipinski definition) is 0. The number of benzene rings is 4. The molecule has 0 unspecified atom stereocenters. The highest BCUT2D eigenvalue weighted by molar-refractivity contribution is 14.1. The van der Waals surface area contributed by atoms with E-state index in [0.29, 0.717) is 57.8 Å². The Balaban J connectivity index is 1.39. The van der Waals surface area contributed by atoms with Gasteiger partial charge in [-0.05, 0) is 89.2 Å². The highest BCUT2D eigenvalue weighted by Crippen LogP contribution is 2.35. The molecule has 7 nitrogen and oxygen atoms in total. The second-order valence-corrected chi connectivity index (χ2v) is 10.7. The quantitative estimate of drug-likeness (QED) is 0.121. The molecule has 4 aromatic carbocycles. The number of aromatic nitrogens is 2. The van der Waals surface area contributed by atoms with Gasteiger partial charge in [0.25, 0.3) is 5.56 Å². The van der Waals surface area contributed by atoms with Crippen molar-refractivity contribution in [2.24, 2.45) is 5.10 Å². The zero-order chi connectivity index (χ0) is 28.3. The fourth-order valence-corrected chi connectivity index (χ4v) is 5.32. The van der Waals surface area contributed by atoms with Gasteiger partial charge in [-0.1, -0.05) is 54.1 Å². The van der Waals surface area contributed by atoms with Crippen molar-refractivity contribution in [3.63, 3.8) is 0 Å². The number of rotatable bonds is 8. The van der Waals surface area contributed by atoms with Gasteiger partial charge in [-0.3, -0.25) is 4.79 Å². The molecule has 204 valence electrons. The molecule has 9 heteroatoms. The molecule has 2 aromatic heterocycles. The van der Waals surface area contributed by atoms with E-state index in [0.717, 1.165) is 20.1 Å². The SMILES string of the molecule is CCOc1cc(C=Nn2c(-c3cc4ccccc4o3)nc3ccccc3c2=O)cc(I)c1OCc1ccc(Cl)cc1. The summed E-state index contributed by atoms with van der Waals surface area (Å²) in [6, 6.07) is 28.0. The van der Waals surface area contributed by atoms with Crippen molar-refractivity contribution in [3.05, 3.63) is 121 Å². The summed E-state index contributed by atoms with van der Waals surface area (Å²) in [5.41, 5.74) is 2.68. The molecule has 0 saturated carbocycles. The minimum Gasteiger partial charge on any atom is -0.490 e. The van der Waals surface area contributed by atoms with Crippen molar-refractivity contribution in [1.82, 2.24) is 9.66 Å². The minimum absolute atomic E-state index is 0.301. The molecule has 6 aromatic rings. The average molecular weight is 676 g/mol. The molecule has 0 amide bonds. The lowest BCUT2D eigenvalue weighted by Crippen LogP contribution is -2.20. The third kappa shape index (κ3) is 5.71. The number of ether oxygens (including phenoxy) is 2. The van der Waals surface area contributed by atoms with E-state index in [-0.39, 0.29) is 5.56 Å². The van der Waals surface area contributed by atoms with Crippen LogP contribution in [0.2, 0.25) is 5.02 Å². The standard InChI is InChI=1S/C32H23ClIN3O4/c1-2-39-28-16-21(15-25(34)30(28)40-19-20-11-13-23(33)14-12-20)18-35-37-31(29-17-22-7-3-6-10-27(22)41-29)36-26-9-5-4-8-24(26)32(37)38/h3-18H,2,19H2,1H3. The van der Waals surface area contributed by atoms with Gasteiger partial charge < -0.3 is 13.9 Å². The molecular weight excluding hydrogens is 653 g/mol. The first-order valence-electron chi connectivity index (χ1n) is 12.9. The van der Waals surface area contributed by atoms with Crippen LogP contribution in [0.4, 0.5) is 0 Å².